The molecule has 0 aliphatic carbocycles. The highest BCUT2D eigenvalue weighted by Gasteiger charge is 2.03. The average Bonchev–Trinajstić information content (AvgIpc) is 2.04. The second-order valence-electron chi connectivity index (χ2n) is 3.21. The van der Waals surface area contributed by atoms with Crippen LogP contribution < -0.4 is 10.6 Å². The summed E-state index contributed by atoms with van der Waals surface area (Å²) in [6.45, 7) is 0.654. The van der Waals surface area contributed by atoms with Gasteiger partial charge in [-0.2, -0.15) is 0 Å². The zero-order valence-electron chi connectivity index (χ0n) is 8.05. The highest BCUT2D eigenvalue weighted by Crippen LogP contribution is 2.22. The summed E-state index contributed by atoms with van der Waals surface area (Å²) in [6.07, 6.45) is 0.869. The second-order valence-corrected chi connectivity index (χ2v) is 3.64. The van der Waals surface area contributed by atoms with Crippen molar-refractivity contribution < 1.29 is 0 Å². The van der Waals surface area contributed by atoms with Gasteiger partial charge < -0.3 is 10.6 Å². The summed E-state index contributed by atoms with van der Waals surface area (Å²) in [7, 11) is 4.03. The summed E-state index contributed by atoms with van der Waals surface area (Å²) in [6, 6.07) is 5.90. The van der Waals surface area contributed by atoms with Crippen LogP contribution in [0.4, 0.5) is 5.69 Å². The lowest BCUT2D eigenvalue weighted by Gasteiger charge is -2.17. The molecule has 0 aliphatic rings. The molecule has 0 atom stereocenters. The summed E-state index contributed by atoms with van der Waals surface area (Å²) in [5.41, 5.74) is 7.92. The number of halogens is 1. The summed E-state index contributed by atoms with van der Waals surface area (Å²) >= 11 is 5.90. The fourth-order valence-corrected chi connectivity index (χ4v) is 1.54. The number of hydrogen-bond donors (Lipinski definition) is 1. The monoisotopic (exact) mass is 198 g/mol. The Balaban J connectivity index is 3.03. The van der Waals surface area contributed by atoms with E-state index in [0.29, 0.717) is 6.54 Å². The number of anilines is 1. The van der Waals surface area contributed by atoms with E-state index in [2.05, 4.69) is 4.90 Å². The van der Waals surface area contributed by atoms with E-state index in [0.717, 1.165) is 11.4 Å². The van der Waals surface area contributed by atoms with Crippen molar-refractivity contribution in [1.29, 1.82) is 0 Å². The van der Waals surface area contributed by atoms with Crippen molar-refractivity contribution in [1.82, 2.24) is 0 Å². The van der Waals surface area contributed by atoms with Gasteiger partial charge in [0.2, 0.25) is 0 Å². The van der Waals surface area contributed by atoms with Crippen LogP contribution in [0.25, 0.3) is 0 Å². The standard InChI is InChI=1S/C10H15ClN2/c1-13(2)10-4-3-9(11)7-8(10)5-6-12/h3-4,7H,5-6,12H2,1-2H3. The third-order valence-electron chi connectivity index (χ3n) is 1.94. The first-order valence-electron chi connectivity index (χ1n) is 4.31. The van der Waals surface area contributed by atoms with Crippen LogP contribution in [0.15, 0.2) is 18.2 Å². The predicted molar refractivity (Wildman–Crippen MR) is 58.5 cm³/mol. The Morgan fingerprint density at radius 3 is 2.62 bits per heavy atom. The Morgan fingerprint density at radius 1 is 1.38 bits per heavy atom. The van der Waals surface area contributed by atoms with Gasteiger partial charge in [0.15, 0.2) is 0 Å². The van der Waals surface area contributed by atoms with Crippen molar-refractivity contribution in [3.05, 3.63) is 28.8 Å². The molecule has 0 saturated heterocycles. The number of rotatable bonds is 3. The molecule has 0 aliphatic heterocycles. The maximum Gasteiger partial charge on any atom is 0.0410 e. The molecular weight excluding hydrogens is 184 g/mol. The molecule has 0 unspecified atom stereocenters. The molecule has 0 fully saturated rings. The van der Waals surface area contributed by atoms with Crippen molar-refractivity contribution in [3.8, 4) is 0 Å². The van der Waals surface area contributed by atoms with Gasteiger partial charge in [0.05, 0.1) is 0 Å². The lowest BCUT2D eigenvalue weighted by molar-refractivity contribution is 0.955. The van der Waals surface area contributed by atoms with E-state index in [1.807, 2.05) is 32.3 Å². The number of hydrogen-bond acceptors (Lipinski definition) is 2. The molecule has 0 amide bonds. The molecule has 1 aromatic carbocycles. The molecule has 13 heavy (non-hydrogen) atoms. The van der Waals surface area contributed by atoms with Gasteiger partial charge >= 0.3 is 0 Å². The van der Waals surface area contributed by atoms with Gasteiger partial charge in [-0.25, -0.2) is 0 Å². The van der Waals surface area contributed by atoms with E-state index in [1.165, 1.54) is 11.3 Å². The van der Waals surface area contributed by atoms with Crippen molar-refractivity contribution in [2.75, 3.05) is 25.5 Å². The maximum atomic E-state index is 5.90. The number of nitrogens with zero attached hydrogens (tertiary/aromatic N) is 1. The zero-order chi connectivity index (χ0) is 9.84. The molecule has 0 spiro atoms. The lowest BCUT2D eigenvalue weighted by atomic mass is 10.1. The van der Waals surface area contributed by atoms with E-state index in [9.17, 15) is 0 Å². The maximum absolute atomic E-state index is 5.90. The van der Waals surface area contributed by atoms with E-state index < -0.39 is 0 Å². The van der Waals surface area contributed by atoms with Crippen LogP contribution in [0.3, 0.4) is 0 Å². The molecule has 0 radical (unpaired) electrons. The summed E-state index contributed by atoms with van der Waals surface area (Å²) in [4.78, 5) is 2.07. The molecule has 1 rings (SSSR count). The van der Waals surface area contributed by atoms with Gasteiger partial charge in [0.25, 0.3) is 0 Å². The van der Waals surface area contributed by atoms with Crippen LogP contribution >= 0.6 is 11.6 Å². The van der Waals surface area contributed by atoms with Gasteiger partial charge in [0.1, 0.15) is 0 Å². The third-order valence-corrected chi connectivity index (χ3v) is 2.17. The highest BCUT2D eigenvalue weighted by atomic mass is 35.5. The van der Waals surface area contributed by atoms with E-state index in [4.69, 9.17) is 17.3 Å². The Bertz CT molecular complexity index is 284. The second kappa shape index (κ2) is 4.49. The van der Waals surface area contributed by atoms with Gasteiger partial charge in [-0.3, -0.25) is 0 Å². The Labute approximate surface area is 84.3 Å². The molecule has 1 aromatic rings. The Hall–Kier alpha value is -0.730. The van der Waals surface area contributed by atoms with Crippen molar-refractivity contribution in [2.24, 2.45) is 5.73 Å². The highest BCUT2D eigenvalue weighted by molar-refractivity contribution is 6.30. The van der Waals surface area contributed by atoms with Crippen LogP contribution in [0.5, 0.6) is 0 Å². The van der Waals surface area contributed by atoms with E-state index >= 15 is 0 Å². The minimum Gasteiger partial charge on any atom is -0.377 e. The third kappa shape index (κ3) is 2.61. The molecule has 0 heterocycles. The number of nitrogens with two attached hydrogens (primary N) is 1. The Morgan fingerprint density at radius 2 is 2.08 bits per heavy atom. The predicted octanol–water partition coefficient (Wildman–Crippen LogP) is 1.91. The number of benzene rings is 1. The summed E-state index contributed by atoms with van der Waals surface area (Å²) in [5.74, 6) is 0. The van der Waals surface area contributed by atoms with Crippen LogP contribution in [-0.4, -0.2) is 20.6 Å². The van der Waals surface area contributed by atoms with Crippen LogP contribution in [0.1, 0.15) is 5.56 Å². The lowest BCUT2D eigenvalue weighted by Crippen LogP contribution is -2.13. The van der Waals surface area contributed by atoms with Crippen molar-refractivity contribution >= 4 is 17.3 Å². The van der Waals surface area contributed by atoms with Crippen LogP contribution in [0, 0.1) is 0 Å². The fourth-order valence-electron chi connectivity index (χ4n) is 1.35. The SMILES string of the molecule is CN(C)c1ccc(Cl)cc1CCN. The molecule has 2 nitrogen and oxygen atoms in total. The normalized spacial score (nSPS) is 10.2. The molecule has 0 saturated carbocycles. The quantitative estimate of drug-likeness (QED) is 0.804. The Kier molecular flexibility index (Phi) is 3.58. The molecule has 0 bridgehead atoms. The average molecular weight is 199 g/mol. The summed E-state index contributed by atoms with van der Waals surface area (Å²) < 4.78 is 0. The van der Waals surface area contributed by atoms with Crippen LogP contribution in [-0.2, 0) is 6.42 Å². The molecular formula is C10H15ClN2. The first kappa shape index (κ1) is 10.4. The minimum atomic E-state index is 0.654. The smallest absolute Gasteiger partial charge is 0.0410 e. The topological polar surface area (TPSA) is 29.3 Å². The minimum absolute atomic E-state index is 0.654. The summed E-state index contributed by atoms with van der Waals surface area (Å²) in [5, 5.41) is 0.772. The largest absolute Gasteiger partial charge is 0.377 e. The molecule has 0 aromatic heterocycles. The van der Waals surface area contributed by atoms with Gasteiger partial charge in [-0.1, -0.05) is 11.6 Å². The van der Waals surface area contributed by atoms with Gasteiger partial charge in [-0.05, 0) is 36.7 Å². The molecule has 2 N–H and O–H groups in total. The molecule has 3 heteroatoms. The van der Waals surface area contributed by atoms with Crippen LogP contribution in [0.2, 0.25) is 5.02 Å². The molecule has 72 valence electrons. The fraction of sp³-hybridized carbons (Fsp3) is 0.400. The van der Waals surface area contributed by atoms with Crippen molar-refractivity contribution in [2.45, 2.75) is 6.42 Å². The van der Waals surface area contributed by atoms with E-state index in [-0.39, 0.29) is 0 Å². The first-order chi connectivity index (χ1) is 6.15. The van der Waals surface area contributed by atoms with Gasteiger partial charge in [0, 0.05) is 24.8 Å². The van der Waals surface area contributed by atoms with Crippen molar-refractivity contribution in [3.63, 3.8) is 0 Å². The van der Waals surface area contributed by atoms with Gasteiger partial charge in [-0.15, -0.1) is 0 Å². The van der Waals surface area contributed by atoms with E-state index in [1.54, 1.807) is 0 Å². The zero-order valence-corrected chi connectivity index (χ0v) is 8.80. The first-order valence-corrected chi connectivity index (χ1v) is 4.68.